The van der Waals surface area contributed by atoms with Crippen LogP contribution in [0.15, 0.2) is 0 Å². The second-order valence-electron chi connectivity index (χ2n) is 18.0. The molecule has 1 aliphatic heterocycles. The maximum absolute atomic E-state index is 12.8. The monoisotopic (exact) mass is 602 g/mol. The molecule has 5 fully saturated rings. The van der Waals surface area contributed by atoms with Crippen molar-refractivity contribution in [2.45, 2.75) is 163 Å². The minimum atomic E-state index is -0.798. The summed E-state index contributed by atoms with van der Waals surface area (Å²) in [4.78, 5) is 25.0. The molecule has 0 bridgehead atoms. The van der Waals surface area contributed by atoms with Crippen molar-refractivity contribution in [1.82, 2.24) is 0 Å². The SMILES string of the molecule is CC(C)COC(=O)CC(=O)O[C@@H]1CC[C@]2(C)[C@H]3CC[C@@H]4[C@@H]([C@]5(C)CC[C@H](C(C)(C)O)O5)CC[C@@]4(C)[C@]3(C)CC[C@H]2C1(C)C. The Kier molecular flexibility index (Phi) is 8.49. The normalized spacial score (nSPS) is 45.7. The topological polar surface area (TPSA) is 82.1 Å². The molecule has 6 heteroatoms. The number of carbonyl (C=O) groups excluding carboxylic acids is 2. The maximum Gasteiger partial charge on any atom is 0.317 e. The predicted molar refractivity (Wildman–Crippen MR) is 168 cm³/mol. The molecule has 0 radical (unpaired) electrons. The fourth-order valence-electron chi connectivity index (χ4n) is 11.9. The first kappa shape index (κ1) is 33.2. The molecule has 0 aromatic carbocycles. The van der Waals surface area contributed by atoms with Crippen LogP contribution in [-0.4, -0.2) is 47.1 Å². The van der Waals surface area contributed by atoms with Gasteiger partial charge in [-0.1, -0.05) is 48.5 Å². The van der Waals surface area contributed by atoms with Crippen LogP contribution in [0, 0.1) is 51.2 Å². The van der Waals surface area contributed by atoms with E-state index in [0.717, 1.165) is 32.1 Å². The van der Waals surface area contributed by atoms with Crippen LogP contribution < -0.4 is 0 Å². The number of esters is 2. The first-order chi connectivity index (χ1) is 19.8. The van der Waals surface area contributed by atoms with E-state index in [2.05, 4.69) is 41.5 Å². The molecule has 1 N–H and O–H groups in total. The lowest BCUT2D eigenvalue weighted by Crippen LogP contribution is -2.64. The molecule has 6 nitrogen and oxygen atoms in total. The van der Waals surface area contributed by atoms with Gasteiger partial charge in [-0.3, -0.25) is 9.59 Å². The van der Waals surface area contributed by atoms with Crippen molar-refractivity contribution in [3.05, 3.63) is 0 Å². The van der Waals surface area contributed by atoms with Crippen LogP contribution in [0.3, 0.4) is 0 Å². The molecule has 0 unspecified atom stereocenters. The summed E-state index contributed by atoms with van der Waals surface area (Å²) < 4.78 is 18.1. The summed E-state index contributed by atoms with van der Waals surface area (Å²) in [6.45, 7) is 22.9. The number of fused-ring (bicyclic) bond motifs is 5. The highest BCUT2D eigenvalue weighted by atomic mass is 16.6. The molecule has 246 valence electrons. The average Bonchev–Trinajstić information content (AvgIpc) is 3.47. The lowest BCUT2D eigenvalue weighted by atomic mass is 9.35. The largest absolute Gasteiger partial charge is 0.465 e. The zero-order valence-corrected chi connectivity index (χ0v) is 29.0. The van der Waals surface area contributed by atoms with E-state index in [1.54, 1.807) is 0 Å². The average molecular weight is 603 g/mol. The lowest BCUT2D eigenvalue weighted by molar-refractivity contribution is -0.232. The fraction of sp³-hybridized carbons (Fsp3) is 0.946. The Balaban J connectivity index is 1.30. The molecule has 10 atom stereocenters. The molecule has 0 spiro atoms. The van der Waals surface area contributed by atoms with Gasteiger partial charge in [-0.05, 0) is 131 Å². The molecule has 5 aliphatic rings. The quantitative estimate of drug-likeness (QED) is 0.236. The first-order valence-corrected chi connectivity index (χ1v) is 17.5. The second kappa shape index (κ2) is 11.0. The Hall–Kier alpha value is -1.14. The van der Waals surface area contributed by atoms with E-state index in [0.29, 0.717) is 30.3 Å². The van der Waals surface area contributed by atoms with Crippen LogP contribution in [0.4, 0.5) is 0 Å². The maximum atomic E-state index is 12.8. The van der Waals surface area contributed by atoms with E-state index in [1.165, 1.54) is 32.1 Å². The number of carbonyl (C=O) groups is 2. The molecular weight excluding hydrogens is 540 g/mol. The molecule has 43 heavy (non-hydrogen) atoms. The molecule has 4 aliphatic carbocycles. The Bertz CT molecular complexity index is 1080. The van der Waals surface area contributed by atoms with Crippen LogP contribution in [0.1, 0.15) is 140 Å². The van der Waals surface area contributed by atoms with Gasteiger partial charge in [-0.15, -0.1) is 0 Å². The number of ether oxygens (including phenoxy) is 3. The van der Waals surface area contributed by atoms with Gasteiger partial charge in [0.2, 0.25) is 0 Å². The summed E-state index contributed by atoms with van der Waals surface area (Å²) in [6, 6.07) is 0. The van der Waals surface area contributed by atoms with Crippen molar-refractivity contribution >= 4 is 11.9 Å². The molecule has 5 rings (SSSR count). The molecule has 0 aromatic rings. The standard InChI is InChI=1S/C37H62O6/c1-23(2)22-41-30(38)21-31(39)42-28-15-17-34(7)26(32(28,3)4)14-19-36(9)27(34)12-11-24-25(13-18-35(24,36)8)37(10)20-16-29(43-37)33(5,6)40/h23-29,40H,11-22H2,1-10H3/t24-,25+,26+,27-,28-,29-,34+,35-,36-,37+/m1/s1. The Morgan fingerprint density at radius 1 is 0.814 bits per heavy atom. The number of aliphatic hydroxyl groups is 1. The molecule has 0 aromatic heterocycles. The van der Waals surface area contributed by atoms with Crippen LogP contribution in [0.2, 0.25) is 0 Å². The van der Waals surface area contributed by atoms with Gasteiger partial charge in [0.25, 0.3) is 0 Å². The van der Waals surface area contributed by atoms with Crippen LogP contribution in [0.25, 0.3) is 0 Å². The molecule has 0 amide bonds. The summed E-state index contributed by atoms with van der Waals surface area (Å²) in [5, 5.41) is 10.7. The zero-order chi connectivity index (χ0) is 31.8. The highest BCUT2D eigenvalue weighted by Gasteiger charge is 2.70. The van der Waals surface area contributed by atoms with Crippen molar-refractivity contribution in [3.63, 3.8) is 0 Å². The Morgan fingerprint density at radius 2 is 1.49 bits per heavy atom. The van der Waals surface area contributed by atoms with Gasteiger partial charge in [0.05, 0.1) is 23.9 Å². The van der Waals surface area contributed by atoms with Crippen molar-refractivity contribution < 1.29 is 28.9 Å². The predicted octanol–water partition coefficient (Wildman–Crippen LogP) is 7.88. The van der Waals surface area contributed by atoms with E-state index in [1.807, 2.05) is 27.7 Å². The highest BCUT2D eigenvalue weighted by Crippen LogP contribution is 2.76. The number of hydrogen-bond donors (Lipinski definition) is 1. The van der Waals surface area contributed by atoms with Crippen LogP contribution in [0.5, 0.6) is 0 Å². The second-order valence-corrected chi connectivity index (χ2v) is 18.0. The van der Waals surface area contributed by atoms with Gasteiger partial charge < -0.3 is 19.3 Å². The number of hydrogen-bond acceptors (Lipinski definition) is 6. The summed E-state index contributed by atoms with van der Waals surface area (Å²) in [6.07, 6.45) is 10.7. The van der Waals surface area contributed by atoms with E-state index in [4.69, 9.17) is 14.2 Å². The van der Waals surface area contributed by atoms with Gasteiger partial charge in [-0.25, -0.2) is 0 Å². The third-order valence-corrected chi connectivity index (χ3v) is 14.4. The van der Waals surface area contributed by atoms with Crippen molar-refractivity contribution in [2.24, 2.45) is 51.2 Å². The Morgan fingerprint density at radius 3 is 2.12 bits per heavy atom. The van der Waals surface area contributed by atoms with Gasteiger partial charge in [0, 0.05) is 5.41 Å². The third kappa shape index (κ3) is 5.40. The zero-order valence-electron chi connectivity index (χ0n) is 29.0. The summed E-state index contributed by atoms with van der Waals surface area (Å²) in [7, 11) is 0. The van der Waals surface area contributed by atoms with Crippen molar-refractivity contribution in [1.29, 1.82) is 0 Å². The van der Waals surface area contributed by atoms with Crippen molar-refractivity contribution in [3.8, 4) is 0 Å². The first-order valence-electron chi connectivity index (χ1n) is 17.5. The van der Waals surface area contributed by atoms with Crippen molar-refractivity contribution in [2.75, 3.05) is 6.61 Å². The van der Waals surface area contributed by atoms with Crippen LogP contribution in [-0.2, 0) is 23.8 Å². The van der Waals surface area contributed by atoms with Gasteiger partial charge in [-0.2, -0.15) is 0 Å². The molecule has 4 saturated carbocycles. The van der Waals surface area contributed by atoms with Gasteiger partial charge in [0.1, 0.15) is 12.5 Å². The summed E-state index contributed by atoms with van der Waals surface area (Å²) in [5.41, 5.74) is -0.367. The number of rotatable bonds is 7. The third-order valence-electron chi connectivity index (χ3n) is 14.4. The van der Waals surface area contributed by atoms with E-state index in [9.17, 15) is 14.7 Å². The lowest BCUT2D eigenvalue weighted by Gasteiger charge is -2.70. The van der Waals surface area contributed by atoms with Gasteiger partial charge in [0.15, 0.2) is 0 Å². The minimum Gasteiger partial charge on any atom is -0.465 e. The van der Waals surface area contributed by atoms with E-state index in [-0.39, 0.29) is 51.8 Å². The van der Waals surface area contributed by atoms with Crippen LogP contribution >= 0.6 is 0 Å². The smallest absolute Gasteiger partial charge is 0.317 e. The minimum absolute atomic E-state index is 0.0807. The summed E-state index contributed by atoms with van der Waals surface area (Å²) >= 11 is 0. The Labute approximate surface area is 261 Å². The highest BCUT2D eigenvalue weighted by molar-refractivity contribution is 5.91. The van der Waals surface area contributed by atoms with E-state index < -0.39 is 17.5 Å². The van der Waals surface area contributed by atoms with E-state index >= 15 is 0 Å². The molecule has 1 saturated heterocycles. The fourth-order valence-corrected chi connectivity index (χ4v) is 11.9. The summed E-state index contributed by atoms with van der Waals surface area (Å²) in [5.74, 6) is 1.62. The molecular formula is C37H62O6. The van der Waals surface area contributed by atoms with Gasteiger partial charge >= 0.3 is 11.9 Å². The molecule has 1 heterocycles.